The predicted octanol–water partition coefficient (Wildman–Crippen LogP) is -9.50. The van der Waals surface area contributed by atoms with Gasteiger partial charge in [0, 0.05) is 25.5 Å². The highest BCUT2D eigenvalue weighted by atomic mass is 32.1. The van der Waals surface area contributed by atoms with Crippen LogP contribution in [0.1, 0.15) is 37.8 Å². The Kier molecular flexibility index (Phi) is 26.0. The lowest BCUT2D eigenvalue weighted by Crippen LogP contribution is -2.79. The van der Waals surface area contributed by atoms with Crippen molar-refractivity contribution >= 4 is 54.7 Å². The number of quaternary nitrogens is 1. The summed E-state index contributed by atoms with van der Waals surface area (Å²) in [5.41, 5.74) is 4.04. The highest BCUT2D eigenvalue weighted by Gasteiger charge is 2.58. The molecule has 5 heterocycles. The molecule has 4 aliphatic rings. The number of aliphatic hydroxyl groups is 3. The lowest BCUT2D eigenvalue weighted by atomic mass is 9.89. The van der Waals surface area contributed by atoms with Crippen molar-refractivity contribution in [2.75, 3.05) is 39.5 Å². The Morgan fingerprint density at radius 1 is 0.843 bits per heavy atom. The molecule has 14 atom stereocenters. The first-order chi connectivity index (χ1) is 33.6. The number of aliphatic hydroxyl groups excluding tert-OH is 3. The van der Waals surface area contributed by atoms with Gasteiger partial charge in [-0.2, -0.15) is 8.42 Å². The molecule has 0 aromatic carbocycles. The number of carboxylic acid groups (broad SMARTS) is 2. The van der Waals surface area contributed by atoms with Crippen LogP contribution in [0.25, 0.3) is 0 Å². The van der Waals surface area contributed by atoms with Gasteiger partial charge in [-0.1, -0.05) is 17.4 Å². The van der Waals surface area contributed by atoms with Crippen LogP contribution in [0.3, 0.4) is 0 Å². The van der Waals surface area contributed by atoms with E-state index in [-0.39, 0.29) is 64.2 Å². The van der Waals surface area contributed by atoms with Gasteiger partial charge < -0.3 is 84.7 Å². The summed E-state index contributed by atoms with van der Waals surface area (Å²) in [6, 6.07) is -1.33. The number of carbonyl (C=O) groups is 5. The van der Waals surface area contributed by atoms with Crippen LogP contribution in [0.2, 0.25) is 0 Å². The summed E-state index contributed by atoms with van der Waals surface area (Å²) >= 11 is 5.67. The normalized spacial score (nSPS) is 30.3. The van der Waals surface area contributed by atoms with Crippen molar-refractivity contribution in [3.63, 3.8) is 0 Å². The zero-order valence-corrected chi connectivity index (χ0v) is 38.7. The van der Waals surface area contributed by atoms with Crippen LogP contribution in [-0.4, -0.2) is 191 Å². The van der Waals surface area contributed by atoms with Crippen molar-refractivity contribution in [2.45, 2.75) is 119 Å². The molecular formula is C38H53N6O24S2-3. The van der Waals surface area contributed by atoms with Gasteiger partial charge in [-0.05, 0) is 25.7 Å². The molecule has 0 spiro atoms. The van der Waals surface area contributed by atoms with Gasteiger partial charge in [0.15, 0.2) is 43.5 Å². The van der Waals surface area contributed by atoms with E-state index < -0.39 is 116 Å². The van der Waals surface area contributed by atoms with E-state index in [1.54, 1.807) is 6.20 Å². The highest BCUT2D eigenvalue weighted by molar-refractivity contribution is 7.44. The molecule has 1 aromatic heterocycles. The predicted molar refractivity (Wildman–Crippen MR) is 214 cm³/mol. The van der Waals surface area contributed by atoms with Gasteiger partial charge in [0.2, 0.25) is 24.0 Å². The van der Waals surface area contributed by atoms with Gasteiger partial charge in [-0.15, -0.1) is 18.3 Å². The molecule has 5 rings (SSSR count). The molecule has 1 aromatic rings. The average Bonchev–Trinajstić information content (AvgIpc) is 4.04. The number of likely N-dealkylation sites (tertiary alicyclic amines) is 1. The number of ether oxygens (including phenoxy) is 6. The van der Waals surface area contributed by atoms with Crippen molar-refractivity contribution in [1.82, 2.24) is 24.8 Å². The minimum Gasteiger partial charge on any atom is -0.692 e. The first-order valence-electron chi connectivity index (χ1n) is 21.2. The number of nitrogens with zero attached hydrogens (tertiary/aromatic N) is 5. The lowest BCUT2D eigenvalue weighted by Gasteiger charge is -2.46. The largest absolute Gasteiger partial charge is 0.692 e. The zero-order valence-electron chi connectivity index (χ0n) is 37.1. The van der Waals surface area contributed by atoms with Gasteiger partial charge in [-0.3, -0.25) is 29.4 Å². The SMILES string of the molecule is C=C[C@@H]1O[C@H](C=C)[C@@H]2C(=O)N(CCCCCN(Cc3cn(CCOCCO[C@@H]4OC(C(=O)[O-])[C@@H](O[C@H]5OC(COO[O-])[C@@H](O)[C@H](OO[O-])C5[NH3+])[C@H](O)C4O)nn3)C(=O)CCC(=O)[O-])C(=O)[C@@H]21.O=S.O=S. The molecule has 4 unspecified atom stereocenters. The molecule has 30 nitrogen and oxygen atoms in total. The van der Waals surface area contributed by atoms with E-state index in [1.807, 2.05) is 0 Å². The van der Waals surface area contributed by atoms with Crippen LogP contribution >= 0.6 is 0 Å². The number of carboxylic acids is 2. The highest BCUT2D eigenvalue weighted by Crippen LogP contribution is 2.41. The van der Waals surface area contributed by atoms with Gasteiger partial charge >= 0.3 is 0 Å². The molecule has 0 radical (unpaired) electrons. The Hall–Kier alpha value is -4.43. The maximum absolute atomic E-state index is 13.1. The second-order valence-electron chi connectivity index (χ2n) is 15.6. The van der Waals surface area contributed by atoms with E-state index in [2.05, 4.69) is 74.1 Å². The Morgan fingerprint density at radius 3 is 2.11 bits per heavy atom. The Balaban J connectivity index is 0.00000316. The van der Waals surface area contributed by atoms with Crippen LogP contribution in [-0.2, 0) is 110 Å². The molecular weight excluding hydrogens is 989 g/mol. The fraction of sp³-hybridized carbons (Fsp3) is 0.711. The van der Waals surface area contributed by atoms with Gasteiger partial charge in [0.05, 0.1) is 69.1 Å². The molecule has 4 aliphatic heterocycles. The van der Waals surface area contributed by atoms with E-state index in [1.165, 1.54) is 26.6 Å². The summed E-state index contributed by atoms with van der Waals surface area (Å²) in [4.78, 5) is 73.7. The van der Waals surface area contributed by atoms with Crippen molar-refractivity contribution in [2.24, 2.45) is 11.8 Å². The fourth-order valence-corrected chi connectivity index (χ4v) is 8.03. The zero-order chi connectivity index (χ0) is 52.1. The topological polar surface area (TPSA) is 430 Å². The fourth-order valence-electron chi connectivity index (χ4n) is 8.03. The van der Waals surface area contributed by atoms with Gasteiger partial charge in [-0.25, -0.2) is 14.5 Å². The number of unbranched alkanes of at least 4 members (excludes halogenated alkanes) is 2. The molecule has 394 valence electrons. The summed E-state index contributed by atoms with van der Waals surface area (Å²) in [5, 5.41) is 91.0. The Morgan fingerprint density at radius 2 is 1.51 bits per heavy atom. The second-order valence-corrected chi connectivity index (χ2v) is 15.6. The van der Waals surface area contributed by atoms with Crippen molar-refractivity contribution < 1.29 is 122 Å². The van der Waals surface area contributed by atoms with Crippen LogP contribution in [0.5, 0.6) is 0 Å². The number of rotatable bonds is 28. The average molecular weight is 1040 g/mol. The number of carbonyl (C=O) groups excluding carboxylic acids is 5. The summed E-state index contributed by atoms with van der Waals surface area (Å²) in [5.74, 6) is -5.69. The smallest absolute Gasteiger partial charge is 0.236 e. The van der Waals surface area contributed by atoms with Crippen molar-refractivity contribution in [3.05, 3.63) is 37.2 Å². The maximum Gasteiger partial charge on any atom is 0.236 e. The summed E-state index contributed by atoms with van der Waals surface area (Å²) in [6.45, 7) is 6.91. The van der Waals surface area contributed by atoms with Crippen molar-refractivity contribution in [1.29, 1.82) is 0 Å². The number of aromatic nitrogens is 3. The third-order valence-corrected chi connectivity index (χ3v) is 11.4. The molecule has 6 N–H and O–H groups in total. The Labute approximate surface area is 408 Å². The summed E-state index contributed by atoms with van der Waals surface area (Å²) in [6.07, 6.45) is -12.0. The number of hydrogen-bond acceptors (Lipinski definition) is 28. The molecule has 0 aliphatic carbocycles. The summed E-state index contributed by atoms with van der Waals surface area (Å²) in [7, 11) is 0. The Bertz CT molecular complexity index is 1820. The monoisotopic (exact) mass is 1040 g/mol. The number of imide groups is 1. The van der Waals surface area contributed by atoms with E-state index in [0.717, 1.165) is 0 Å². The second kappa shape index (κ2) is 30.5. The number of fused-ring (bicyclic) bond motifs is 1. The lowest BCUT2D eigenvalue weighted by molar-refractivity contribution is -0.812. The molecule has 0 bridgehead atoms. The molecule has 32 heteroatoms. The first kappa shape index (κ1) is 59.9. The molecule has 4 saturated heterocycles. The first-order valence-corrected chi connectivity index (χ1v) is 21.9. The van der Waals surface area contributed by atoms with E-state index in [0.29, 0.717) is 25.0 Å². The van der Waals surface area contributed by atoms with Crippen LogP contribution < -0.4 is 26.5 Å². The van der Waals surface area contributed by atoms with Crippen molar-refractivity contribution in [3.8, 4) is 0 Å². The van der Waals surface area contributed by atoms with E-state index >= 15 is 0 Å². The van der Waals surface area contributed by atoms with Crippen LogP contribution in [0.4, 0.5) is 0 Å². The minimum absolute atomic E-state index is 0.00126. The third kappa shape index (κ3) is 15.8. The van der Waals surface area contributed by atoms with Crippen LogP contribution in [0, 0.1) is 11.8 Å². The van der Waals surface area contributed by atoms with Gasteiger partial charge in [0.1, 0.15) is 48.9 Å². The van der Waals surface area contributed by atoms with E-state index in [9.17, 15) is 60.0 Å². The quantitative estimate of drug-likeness (QED) is 0.0199. The molecule has 0 saturated carbocycles. The maximum atomic E-state index is 13.1. The number of aliphatic carboxylic acids is 2. The molecule has 3 amide bonds. The third-order valence-electron chi connectivity index (χ3n) is 11.4. The number of amides is 3. The molecule has 70 heavy (non-hydrogen) atoms. The van der Waals surface area contributed by atoms with Gasteiger partial charge in [0.25, 0.3) is 0 Å². The molecule has 4 fully saturated rings. The minimum atomic E-state index is -2.08. The van der Waals surface area contributed by atoms with Crippen LogP contribution in [0.15, 0.2) is 31.5 Å². The standard InChI is InChI=1S/C38H56N6O22.2OS/c1-3-20-25-26(21(4-2)60-20)35(52)44(34(25)51)11-7-5-6-10-42(23(45)8-9-24(46)47)16-19-17-43(41-40-19)12-13-57-14-15-58-38-30(50)29(49)32(33(63-38)36(53)54)62-37-27(39)31(64-66-56)28(48)22(61-37)18-59-65-55;2*1-2/h3-4,17,20-22,25-33,37-38,48-50,55-56H,1-2,5-16,18,39H2,(H,46,47)(H,53,54);;/p-3/t20-,21+,22?,25+,26-,27?,28-,29-,30?,31-,32+,33?,37-,38-;;/m1../s1. The summed E-state index contributed by atoms with van der Waals surface area (Å²) < 4.78 is 50.2. The number of hydrogen-bond donors (Lipinski definition) is 4. The van der Waals surface area contributed by atoms with E-state index in [4.69, 9.17) is 36.8 Å².